The molecule has 3 heteroatoms. The van der Waals surface area contributed by atoms with Crippen LogP contribution in [0.5, 0.6) is 0 Å². The molecule has 2 fully saturated rings. The van der Waals surface area contributed by atoms with Crippen molar-refractivity contribution in [3.05, 3.63) is 0 Å². The standard InChI is InChI=1S/C17H34N2S/c1-5-6-18-17(16-12-20-8-7-19(16)4)15-10-13(2)9-14(3)11-15/h13-18H,5-12H2,1-4H3. The molecule has 2 nitrogen and oxygen atoms in total. The van der Waals surface area contributed by atoms with Gasteiger partial charge in [-0.15, -0.1) is 0 Å². The fourth-order valence-electron chi connectivity index (χ4n) is 4.31. The molecule has 0 aromatic rings. The summed E-state index contributed by atoms with van der Waals surface area (Å²) in [7, 11) is 2.33. The van der Waals surface area contributed by atoms with Crippen LogP contribution in [0.25, 0.3) is 0 Å². The molecule has 4 atom stereocenters. The Morgan fingerprint density at radius 1 is 1.20 bits per heavy atom. The van der Waals surface area contributed by atoms with Gasteiger partial charge in [0.25, 0.3) is 0 Å². The van der Waals surface area contributed by atoms with Crippen LogP contribution in [0.15, 0.2) is 0 Å². The zero-order valence-electron chi connectivity index (χ0n) is 13.9. The Morgan fingerprint density at radius 3 is 2.50 bits per heavy atom. The molecule has 20 heavy (non-hydrogen) atoms. The summed E-state index contributed by atoms with van der Waals surface area (Å²) < 4.78 is 0. The van der Waals surface area contributed by atoms with Gasteiger partial charge in [0, 0.05) is 30.1 Å². The third-order valence-corrected chi connectivity index (χ3v) is 6.26. The third-order valence-electron chi connectivity index (χ3n) is 5.21. The molecule has 1 aliphatic carbocycles. The summed E-state index contributed by atoms with van der Waals surface area (Å²) in [5.41, 5.74) is 0. The average molecular weight is 299 g/mol. The average Bonchev–Trinajstić information content (AvgIpc) is 2.40. The molecule has 4 unspecified atom stereocenters. The van der Waals surface area contributed by atoms with Crippen LogP contribution in [-0.4, -0.2) is 48.6 Å². The van der Waals surface area contributed by atoms with E-state index in [4.69, 9.17) is 0 Å². The van der Waals surface area contributed by atoms with Crippen LogP contribution in [-0.2, 0) is 0 Å². The summed E-state index contributed by atoms with van der Waals surface area (Å²) in [6, 6.07) is 1.45. The van der Waals surface area contributed by atoms with E-state index in [-0.39, 0.29) is 0 Å². The van der Waals surface area contributed by atoms with E-state index in [1.807, 2.05) is 0 Å². The first-order valence-corrected chi connectivity index (χ1v) is 9.78. The molecule has 1 N–H and O–H groups in total. The zero-order valence-corrected chi connectivity index (χ0v) is 14.7. The van der Waals surface area contributed by atoms with Gasteiger partial charge in [-0.2, -0.15) is 11.8 Å². The normalized spacial score (nSPS) is 37.8. The van der Waals surface area contributed by atoms with Crippen LogP contribution < -0.4 is 5.32 Å². The van der Waals surface area contributed by atoms with Crippen molar-refractivity contribution in [3.63, 3.8) is 0 Å². The van der Waals surface area contributed by atoms with Gasteiger partial charge in [-0.3, -0.25) is 0 Å². The van der Waals surface area contributed by atoms with E-state index >= 15 is 0 Å². The smallest absolute Gasteiger partial charge is 0.0339 e. The maximum atomic E-state index is 3.93. The summed E-state index contributed by atoms with van der Waals surface area (Å²) in [4.78, 5) is 2.62. The molecule has 0 aromatic heterocycles. The first-order valence-electron chi connectivity index (χ1n) is 8.63. The second-order valence-electron chi connectivity index (χ2n) is 7.28. The highest BCUT2D eigenvalue weighted by Crippen LogP contribution is 2.37. The summed E-state index contributed by atoms with van der Waals surface area (Å²) in [6.45, 7) is 9.64. The number of nitrogens with one attached hydrogen (secondary N) is 1. The first-order chi connectivity index (χ1) is 9.61. The molecular formula is C17H34N2S. The van der Waals surface area contributed by atoms with Crippen molar-refractivity contribution >= 4 is 11.8 Å². The molecule has 2 rings (SSSR count). The Morgan fingerprint density at radius 2 is 1.90 bits per heavy atom. The predicted octanol–water partition coefficient (Wildman–Crippen LogP) is 3.47. The molecule has 0 amide bonds. The molecule has 1 aliphatic heterocycles. The number of likely N-dealkylation sites (N-methyl/N-ethyl adjacent to an activating group) is 1. The second-order valence-corrected chi connectivity index (χ2v) is 8.43. The van der Waals surface area contributed by atoms with Crippen LogP contribution >= 0.6 is 11.8 Å². The number of nitrogens with zero attached hydrogens (tertiary/aromatic N) is 1. The lowest BCUT2D eigenvalue weighted by Gasteiger charge is -2.45. The van der Waals surface area contributed by atoms with Crippen LogP contribution in [0.4, 0.5) is 0 Å². The van der Waals surface area contributed by atoms with Gasteiger partial charge < -0.3 is 10.2 Å². The molecule has 0 aromatic carbocycles. The van der Waals surface area contributed by atoms with Crippen LogP contribution in [0.3, 0.4) is 0 Å². The van der Waals surface area contributed by atoms with Crippen LogP contribution in [0.2, 0.25) is 0 Å². The monoisotopic (exact) mass is 298 g/mol. The quantitative estimate of drug-likeness (QED) is 0.836. The fraction of sp³-hybridized carbons (Fsp3) is 1.00. The lowest BCUT2D eigenvalue weighted by atomic mass is 9.72. The van der Waals surface area contributed by atoms with Gasteiger partial charge in [-0.25, -0.2) is 0 Å². The van der Waals surface area contributed by atoms with Gasteiger partial charge in [-0.05, 0) is 57.0 Å². The molecule has 0 bridgehead atoms. The van der Waals surface area contributed by atoms with Gasteiger partial charge in [0.2, 0.25) is 0 Å². The van der Waals surface area contributed by atoms with Gasteiger partial charge in [0.05, 0.1) is 0 Å². The number of hydrogen-bond acceptors (Lipinski definition) is 3. The Bertz CT molecular complexity index is 274. The summed E-state index contributed by atoms with van der Waals surface area (Å²) in [6.07, 6.45) is 5.55. The van der Waals surface area contributed by atoms with Crippen LogP contribution in [0.1, 0.15) is 46.5 Å². The van der Waals surface area contributed by atoms with Crippen molar-refractivity contribution in [2.24, 2.45) is 17.8 Å². The minimum Gasteiger partial charge on any atom is -0.312 e. The zero-order chi connectivity index (χ0) is 14.5. The lowest BCUT2D eigenvalue weighted by molar-refractivity contribution is 0.115. The molecular weight excluding hydrogens is 264 g/mol. The van der Waals surface area contributed by atoms with E-state index in [2.05, 4.69) is 49.8 Å². The van der Waals surface area contributed by atoms with Gasteiger partial charge in [-0.1, -0.05) is 20.8 Å². The van der Waals surface area contributed by atoms with Crippen molar-refractivity contribution in [1.29, 1.82) is 0 Å². The van der Waals surface area contributed by atoms with Gasteiger partial charge >= 0.3 is 0 Å². The molecule has 1 saturated heterocycles. The molecule has 0 spiro atoms. The maximum absolute atomic E-state index is 3.93. The van der Waals surface area contributed by atoms with E-state index < -0.39 is 0 Å². The lowest BCUT2D eigenvalue weighted by Crippen LogP contribution is -2.57. The highest BCUT2D eigenvalue weighted by Gasteiger charge is 2.36. The van der Waals surface area contributed by atoms with E-state index in [9.17, 15) is 0 Å². The number of rotatable bonds is 5. The van der Waals surface area contributed by atoms with E-state index in [1.165, 1.54) is 50.3 Å². The molecule has 0 radical (unpaired) electrons. The second kappa shape index (κ2) is 8.05. The molecule has 1 heterocycles. The topological polar surface area (TPSA) is 15.3 Å². The SMILES string of the molecule is CCCNC(C1CC(C)CC(C)C1)C1CSCCN1C. The molecule has 2 aliphatic rings. The van der Waals surface area contributed by atoms with Crippen molar-refractivity contribution in [1.82, 2.24) is 10.2 Å². The Kier molecular flexibility index (Phi) is 6.70. The van der Waals surface area contributed by atoms with Crippen molar-refractivity contribution in [3.8, 4) is 0 Å². The number of hydrogen-bond donors (Lipinski definition) is 1. The summed E-state index contributed by atoms with van der Waals surface area (Å²) >= 11 is 2.15. The molecule has 1 saturated carbocycles. The summed E-state index contributed by atoms with van der Waals surface area (Å²) in [5.74, 6) is 5.33. The minimum absolute atomic E-state index is 0.706. The Hall–Kier alpha value is 0.270. The van der Waals surface area contributed by atoms with Crippen molar-refractivity contribution < 1.29 is 0 Å². The Labute approximate surface area is 130 Å². The highest BCUT2D eigenvalue weighted by molar-refractivity contribution is 7.99. The van der Waals surface area contributed by atoms with Crippen molar-refractivity contribution in [2.45, 2.75) is 58.5 Å². The minimum atomic E-state index is 0.706. The van der Waals surface area contributed by atoms with Gasteiger partial charge in [0.1, 0.15) is 0 Å². The van der Waals surface area contributed by atoms with Crippen molar-refractivity contribution in [2.75, 3.05) is 31.6 Å². The summed E-state index contributed by atoms with van der Waals surface area (Å²) in [5, 5.41) is 3.93. The predicted molar refractivity (Wildman–Crippen MR) is 91.5 cm³/mol. The first kappa shape index (κ1) is 16.6. The van der Waals surface area contributed by atoms with E-state index in [0.717, 1.165) is 23.8 Å². The Balaban J connectivity index is 2.05. The third kappa shape index (κ3) is 4.38. The van der Waals surface area contributed by atoms with E-state index in [1.54, 1.807) is 0 Å². The van der Waals surface area contributed by atoms with Crippen LogP contribution in [0, 0.1) is 17.8 Å². The fourth-order valence-corrected chi connectivity index (χ4v) is 5.60. The maximum Gasteiger partial charge on any atom is 0.0339 e. The van der Waals surface area contributed by atoms with Gasteiger partial charge in [0.15, 0.2) is 0 Å². The van der Waals surface area contributed by atoms with E-state index in [0.29, 0.717) is 6.04 Å². The highest BCUT2D eigenvalue weighted by atomic mass is 32.2. The molecule has 118 valence electrons. The number of thioether (sulfide) groups is 1. The largest absolute Gasteiger partial charge is 0.312 e.